The number of benzene rings is 2. The van der Waals surface area contributed by atoms with Crippen molar-refractivity contribution in [1.29, 1.82) is 0 Å². The third-order valence-corrected chi connectivity index (χ3v) is 4.29. The number of nitrogens with one attached hydrogen (secondary N) is 1. The molecule has 0 fully saturated rings. The maximum atomic E-state index is 12.3. The summed E-state index contributed by atoms with van der Waals surface area (Å²) in [6.07, 6.45) is 0. The molecule has 0 aliphatic heterocycles. The Balaban J connectivity index is 1.84. The van der Waals surface area contributed by atoms with Crippen LogP contribution in [0.5, 0.6) is 0 Å². The number of methoxy groups -OCH3 is 1. The van der Waals surface area contributed by atoms with Gasteiger partial charge >= 0.3 is 5.97 Å². The molecule has 0 radical (unpaired) electrons. The van der Waals surface area contributed by atoms with Crippen molar-refractivity contribution < 1.29 is 14.3 Å². The summed E-state index contributed by atoms with van der Waals surface area (Å²) in [4.78, 5) is 28.1. The number of carbonyl (C=O) groups is 2. The lowest BCUT2D eigenvalue weighted by atomic mass is 10.1. The highest BCUT2D eigenvalue weighted by atomic mass is 35.5. The van der Waals surface area contributed by atoms with Gasteiger partial charge in [-0.1, -0.05) is 29.0 Å². The van der Waals surface area contributed by atoms with E-state index in [0.717, 1.165) is 10.2 Å². The van der Waals surface area contributed by atoms with Gasteiger partial charge in [-0.2, -0.15) is 0 Å². The van der Waals surface area contributed by atoms with Gasteiger partial charge in [0.25, 0.3) is 5.91 Å². The molecule has 0 aliphatic carbocycles. The minimum absolute atomic E-state index is 0.316. The summed E-state index contributed by atoms with van der Waals surface area (Å²) in [6, 6.07) is 11.6. The molecule has 3 rings (SSSR count). The van der Waals surface area contributed by atoms with E-state index in [-0.39, 0.29) is 5.91 Å². The zero-order chi connectivity index (χ0) is 16.4. The number of carbonyl (C=O) groups excluding carboxylic acids is 2. The van der Waals surface area contributed by atoms with Crippen LogP contribution >= 0.6 is 22.9 Å². The van der Waals surface area contributed by atoms with Crippen LogP contribution < -0.4 is 5.32 Å². The van der Waals surface area contributed by atoms with Crippen LogP contribution in [-0.2, 0) is 4.74 Å². The van der Waals surface area contributed by atoms with Gasteiger partial charge in [0.05, 0.1) is 22.9 Å². The summed E-state index contributed by atoms with van der Waals surface area (Å²) in [5.74, 6) is -0.838. The molecule has 1 aromatic heterocycles. The molecular formula is C16H11ClN2O3S. The number of fused-ring (bicyclic) bond motifs is 1. The number of amides is 1. The molecule has 116 valence electrons. The van der Waals surface area contributed by atoms with Gasteiger partial charge in [-0.05, 0) is 36.4 Å². The Morgan fingerprint density at radius 1 is 1.17 bits per heavy atom. The van der Waals surface area contributed by atoms with Gasteiger partial charge in [-0.3, -0.25) is 10.1 Å². The fraction of sp³-hybridized carbons (Fsp3) is 0.0625. The second-order valence-electron chi connectivity index (χ2n) is 4.66. The first kappa shape index (κ1) is 15.5. The highest BCUT2D eigenvalue weighted by Crippen LogP contribution is 2.28. The van der Waals surface area contributed by atoms with E-state index in [1.807, 2.05) is 0 Å². The van der Waals surface area contributed by atoms with Gasteiger partial charge in [-0.15, -0.1) is 0 Å². The molecular weight excluding hydrogens is 336 g/mol. The Morgan fingerprint density at radius 2 is 1.96 bits per heavy atom. The molecule has 1 amide bonds. The van der Waals surface area contributed by atoms with Crippen LogP contribution in [0.3, 0.4) is 0 Å². The quantitative estimate of drug-likeness (QED) is 0.728. The van der Waals surface area contributed by atoms with Crippen LogP contribution in [-0.4, -0.2) is 24.0 Å². The van der Waals surface area contributed by atoms with E-state index in [9.17, 15) is 9.59 Å². The molecule has 1 heterocycles. The number of ether oxygens (including phenoxy) is 1. The van der Waals surface area contributed by atoms with Gasteiger partial charge in [0.2, 0.25) is 0 Å². The summed E-state index contributed by atoms with van der Waals surface area (Å²) < 4.78 is 5.53. The molecule has 0 saturated carbocycles. The first-order chi connectivity index (χ1) is 11.1. The third-order valence-electron chi connectivity index (χ3n) is 3.12. The second kappa shape index (κ2) is 6.36. The minimum atomic E-state index is -0.491. The first-order valence-electron chi connectivity index (χ1n) is 6.62. The van der Waals surface area contributed by atoms with E-state index < -0.39 is 5.97 Å². The number of hydrogen-bond acceptors (Lipinski definition) is 5. The molecule has 0 spiro atoms. The number of thiazole rings is 1. The van der Waals surface area contributed by atoms with Crippen molar-refractivity contribution in [2.45, 2.75) is 0 Å². The highest BCUT2D eigenvalue weighted by Gasteiger charge is 2.13. The molecule has 23 heavy (non-hydrogen) atoms. The molecule has 0 atom stereocenters. The van der Waals surface area contributed by atoms with E-state index >= 15 is 0 Å². The number of nitrogens with zero attached hydrogens (tertiary/aromatic N) is 1. The van der Waals surface area contributed by atoms with Gasteiger partial charge < -0.3 is 4.74 Å². The van der Waals surface area contributed by atoms with Crippen molar-refractivity contribution in [3.63, 3.8) is 0 Å². The van der Waals surface area contributed by atoms with E-state index in [1.54, 1.807) is 36.4 Å². The SMILES string of the molecule is COC(=O)c1cccc(C(=O)Nc2nc3ccc(Cl)cc3s2)c1. The summed E-state index contributed by atoms with van der Waals surface area (Å²) in [6.45, 7) is 0. The molecule has 7 heteroatoms. The van der Waals surface area contributed by atoms with Crippen molar-refractivity contribution in [2.24, 2.45) is 0 Å². The van der Waals surface area contributed by atoms with Gasteiger partial charge in [0.15, 0.2) is 5.13 Å². The predicted molar refractivity (Wildman–Crippen MR) is 90.4 cm³/mol. The van der Waals surface area contributed by atoms with Crippen LogP contribution in [0, 0.1) is 0 Å². The minimum Gasteiger partial charge on any atom is -0.465 e. The number of anilines is 1. The molecule has 0 bridgehead atoms. The van der Waals surface area contributed by atoms with Gasteiger partial charge in [0, 0.05) is 10.6 Å². The van der Waals surface area contributed by atoms with Gasteiger partial charge in [-0.25, -0.2) is 9.78 Å². The van der Waals surface area contributed by atoms with Crippen molar-refractivity contribution >= 4 is 50.2 Å². The molecule has 1 N–H and O–H groups in total. The average molecular weight is 347 g/mol. The zero-order valence-electron chi connectivity index (χ0n) is 12.0. The predicted octanol–water partition coefficient (Wildman–Crippen LogP) is 3.99. The lowest BCUT2D eigenvalue weighted by Crippen LogP contribution is -2.12. The lowest BCUT2D eigenvalue weighted by molar-refractivity contribution is 0.0600. The Kier molecular flexibility index (Phi) is 4.27. The Hall–Kier alpha value is -2.44. The Morgan fingerprint density at radius 3 is 2.74 bits per heavy atom. The third kappa shape index (κ3) is 3.33. The highest BCUT2D eigenvalue weighted by molar-refractivity contribution is 7.22. The maximum absolute atomic E-state index is 12.3. The smallest absolute Gasteiger partial charge is 0.337 e. The van der Waals surface area contributed by atoms with Crippen LogP contribution in [0.25, 0.3) is 10.2 Å². The van der Waals surface area contributed by atoms with Crippen molar-refractivity contribution in [1.82, 2.24) is 4.98 Å². The van der Waals surface area contributed by atoms with Crippen LogP contribution in [0.2, 0.25) is 5.02 Å². The Labute approximate surface area is 140 Å². The number of aromatic nitrogens is 1. The number of esters is 1. The number of rotatable bonds is 3. The summed E-state index contributed by atoms with van der Waals surface area (Å²) in [5, 5.41) is 3.81. The molecule has 0 aliphatic rings. The molecule has 0 unspecified atom stereocenters. The van der Waals surface area contributed by atoms with E-state index in [4.69, 9.17) is 11.6 Å². The summed E-state index contributed by atoms with van der Waals surface area (Å²) >= 11 is 7.27. The molecule has 3 aromatic rings. The molecule has 2 aromatic carbocycles. The standard InChI is InChI=1S/C16H11ClN2O3S/c1-22-15(21)10-4-2-3-9(7-10)14(20)19-16-18-12-6-5-11(17)8-13(12)23-16/h2-8H,1H3,(H,18,19,20). The van der Waals surface area contributed by atoms with Gasteiger partial charge in [0.1, 0.15) is 0 Å². The Bertz CT molecular complexity index is 907. The summed E-state index contributed by atoms with van der Waals surface area (Å²) in [5.41, 5.74) is 1.43. The van der Waals surface area contributed by atoms with Crippen LogP contribution in [0.15, 0.2) is 42.5 Å². The average Bonchev–Trinajstić information content (AvgIpc) is 2.95. The van der Waals surface area contributed by atoms with Crippen molar-refractivity contribution in [3.8, 4) is 0 Å². The maximum Gasteiger partial charge on any atom is 0.337 e. The van der Waals surface area contributed by atoms with Crippen LogP contribution in [0.1, 0.15) is 20.7 Å². The first-order valence-corrected chi connectivity index (χ1v) is 7.82. The van der Waals surface area contributed by atoms with E-state index in [0.29, 0.717) is 21.3 Å². The topological polar surface area (TPSA) is 68.3 Å². The monoisotopic (exact) mass is 346 g/mol. The second-order valence-corrected chi connectivity index (χ2v) is 6.12. The summed E-state index contributed by atoms with van der Waals surface area (Å²) in [7, 11) is 1.29. The number of hydrogen-bond donors (Lipinski definition) is 1. The largest absolute Gasteiger partial charge is 0.465 e. The van der Waals surface area contributed by atoms with Crippen molar-refractivity contribution in [2.75, 3.05) is 12.4 Å². The zero-order valence-corrected chi connectivity index (χ0v) is 13.6. The molecule has 5 nitrogen and oxygen atoms in total. The fourth-order valence-electron chi connectivity index (χ4n) is 2.03. The van der Waals surface area contributed by atoms with E-state index in [2.05, 4.69) is 15.0 Å². The van der Waals surface area contributed by atoms with E-state index in [1.165, 1.54) is 24.5 Å². The van der Waals surface area contributed by atoms with Crippen molar-refractivity contribution in [3.05, 3.63) is 58.6 Å². The lowest BCUT2D eigenvalue weighted by Gasteiger charge is -2.03. The van der Waals surface area contributed by atoms with Crippen LogP contribution in [0.4, 0.5) is 5.13 Å². The fourth-order valence-corrected chi connectivity index (χ4v) is 3.16. The molecule has 0 saturated heterocycles. The number of halogens is 1. The normalized spacial score (nSPS) is 10.5.